The SMILES string of the molecule is Cc1ccc(C(C)(O)C2(CN)CCS(=O)(=O)C2)cc1. The van der Waals surface area contributed by atoms with E-state index in [2.05, 4.69) is 0 Å². The summed E-state index contributed by atoms with van der Waals surface area (Å²) in [6.07, 6.45) is 0.409. The van der Waals surface area contributed by atoms with Gasteiger partial charge in [0.05, 0.1) is 17.1 Å². The first-order valence-electron chi connectivity index (χ1n) is 6.42. The summed E-state index contributed by atoms with van der Waals surface area (Å²) in [7, 11) is -3.11. The molecule has 1 aliphatic rings. The highest BCUT2D eigenvalue weighted by Gasteiger charge is 2.53. The summed E-state index contributed by atoms with van der Waals surface area (Å²) in [5, 5.41) is 10.9. The van der Waals surface area contributed by atoms with Crippen LogP contribution in [-0.4, -0.2) is 31.6 Å². The van der Waals surface area contributed by atoms with Gasteiger partial charge in [0.15, 0.2) is 9.84 Å². The number of nitrogens with two attached hydrogens (primary N) is 1. The molecule has 1 aromatic carbocycles. The normalized spacial score (nSPS) is 29.1. The lowest BCUT2D eigenvalue weighted by Crippen LogP contribution is -2.49. The first-order valence-corrected chi connectivity index (χ1v) is 8.25. The van der Waals surface area contributed by atoms with Gasteiger partial charge >= 0.3 is 0 Å². The molecule has 1 heterocycles. The average Bonchev–Trinajstić information content (AvgIpc) is 2.67. The van der Waals surface area contributed by atoms with Crippen molar-refractivity contribution in [2.75, 3.05) is 18.1 Å². The van der Waals surface area contributed by atoms with Crippen LogP contribution in [-0.2, 0) is 15.4 Å². The minimum atomic E-state index is -3.11. The third kappa shape index (κ3) is 2.42. The number of hydrogen-bond acceptors (Lipinski definition) is 4. The summed E-state index contributed by atoms with van der Waals surface area (Å²) in [5.74, 6) is 0.0591. The van der Waals surface area contributed by atoms with Gasteiger partial charge in [0, 0.05) is 12.0 Å². The Kier molecular flexibility index (Phi) is 3.49. The molecule has 0 saturated carbocycles. The Morgan fingerprint density at radius 3 is 2.37 bits per heavy atom. The zero-order valence-electron chi connectivity index (χ0n) is 11.4. The molecular weight excluding hydrogens is 262 g/mol. The second-order valence-corrected chi connectivity index (χ2v) is 7.95. The minimum Gasteiger partial charge on any atom is -0.385 e. The molecule has 1 aromatic rings. The van der Waals surface area contributed by atoms with Gasteiger partial charge < -0.3 is 10.8 Å². The Labute approximate surface area is 114 Å². The monoisotopic (exact) mass is 283 g/mol. The molecule has 5 heteroatoms. The molecule has 3 N–H and O–H groups in total. The van der Waals surface area contributed by atoms with Crippen LogP contribution in [0.25, 0.3) is 0 Å². The largest absolute Gasteiger partial charge is 0.385 e. The van der Waals surface area contributed by atoms with Crippen LogP contribution < -0.4 is 5.73 Å². The van der Waals surface area contributed by atoms with E-state index in [1.807, 2.05) is 31.2 Å². The number of hydrogen-bond donors (Lipinski definition) is 2. The van der Waals surface area contributed by atoms with E-state index >= 15 is 0 Å². The van der Waals surface area contributed by atoms with Crippen LogP contribution in [0.3, 0.4) is 0 Å². The Hall–Kier alpha value is -0.910. The molecule has 0 bridgehead atoms. The van der Waals surface area contributed by atoms with Gasteiger partial charge in [-0.25, -0.2) is 8.42 Å². The fraction of sp³-hybridized carbons (Fsp3) is 0.571. The fourth-order valence-corrected chi connectivity index (χ4v) is 5.08. The van der Waals surface area contributed by atoms with Gasteiger partial charge in [0.2, 0.25) is 0 Å². The van der Waals surface area contributed by atoms with E-state index in [-0.39, 0.29) is 18.1 Å². The summed E-state index contributed by atoms with van der Waals surface area (Å²) >= 11 is 0. The van der Waals surface area contributed by atoms with Crippen molar-refractivity contribution in [3.63, 3.8) is 0 Å². The molecule has 0 aliphatic carbocycles. The molecule has 2 atom stereocenters. The van der Waals surface area contributed by atoms with Crippen LogP contribution in [0.5, 0.6) is 0 Å². The van der Waals surface area contributed by atoms with Gasteiger partial charge in [-0.05, 0) is 25.8 Å². The van der Waals surface area contributed by atoms with Crippen LogP contribution in [0, 0.1) is 12.3 Å². The molecule has 1 fully saturated rings. The highest BCUT2D eigenvalue weighted by atomic mass is 32.2. The lowest BCUT2D eigenvalue weighted by atomic mass is 9.69. The maximum Gasteiger partial charge on any atom is 0.151 e. The van der Waals surface area contributed by atoms with E-state index in [0.717, 1.165) is 11.1 Å². The van der Waals surface area contributed by atoms with E-state index in [0.29, 0.717) is 6.42 Å². The third-order valence-corrected chi connectivity index (χ3v) is 6.24. The lowest BCUT2D eigenvalue weighted by Gasteiger charge is -2.41. The standard InChI is InChI=1S/C14H21NO3S/c1-11-3-5-12(6-4-11)13(2,16)14(9-15)7-8-19(17,18)10-14/h3-6,16H,7-10,15H2,1-2H3. The quantitative estimate of drug-likeness (QED) is 0.866. The number of aryl methyl sites for hydroxylation is 1. The van der Waals surface area contributed by atoms with Gasteiger partial charge in [-0.1, -0.05) is 29.8 Å². The number of sulfone groups is 1. The number of rotatable bonds is 3. The second kappa shape index (κ2) is 4.58. The van der Waals surface area contributed by atoms with Crippen LogP contribution >= 0.6 is 0 Å². The predicted molar refractivity (Wildman–Crippen MR) is 75.5 cm³/mol. The zero-order valence-corrected chi connectivity index (χ0v) is 12.2. The average molecular weight is 283 g/mol. The van der Waals surface area contributed by atoms with Gasteiger partial charge in [-0.2, -0.15) is 0 Å². The first-order chi connectivity index (χ1) is 8.72. The van der Waals surface area contributed by atoms with Crippen LogP contribution in [0.1, 0.15) is 24.5 Å². The van der Waals surface area contributed by atoms with Crippen molar-refractivity contribution < 1.29 is 13.5 Å². The van der Waals surface area contributed by atoms with Crippen molar-refractivity contribution in [2.45, 2.75) is 25.9 Å². The van der Waals surface area contributed by atoms with Crippen molar-refractivity contribution >= 4 is 9.84 Å². The van der Waals surface area contributed by atoms with Gasteiger partial charge in [-0.15, -0.1) is 0 Å². The maximum atomic E-state index is 11.8. The summed E-state index contributed by atoms with van der Waals surface area (Å²) < 4.78 is 23.5. The number of aliphatic hydroxyl groups is 1. The molecule has 0 spiro atoms. The van der Waals surface area contributed by atoms with Crippen molar-refractivity contribution in [2.24, 2.45) is 11.1 Å². The van der Waals surface area contributed by atoms with Gasteiger partial charge in [-0.3, -0.25) is 0 Å². The summed E-state index contributed by atoms with van der Waals surface area (Å²) in [6, 6.07) is 7.52. The minimum absolute atomic E-state index is 0.0443. The topological polar surface area (TPSA) is 80.4 Å². The second-order valence-electron chi connectivity index (χ2n) is 5.76. The molecular formula is C14H21NO3S. The van der Waals surface area contributed by atoms with E-state index in [9.17, 15) is 13.5 Å². The summed E-state index contributed by atoms with van der Waals surface area (Å²) in [4.78, 5) is 0. The van der Waals surface area contributed by atoms with Gasteiger partial charge in [0.25, 0.3) is 0 Å². The Morgan fingerprint density at radius 1 is 1.37 bits per heavy atom. The molecule has 4 nitrogen and oxygen atoms in total. The molecule has 1 aliphatic heterocycles. The van der Waals surface area contributed by atoms with Crippen molar-refractivity contribution in [1.29, 1.82) is 0 Å². The lowest BCUT2D eigenvalue weighted by molar-refractivity contribution is -0.0583. The molecule has 106 valence electrons. The summed E-state index contributed by atoms with van der Waals surface area (Å²) in [5.41, 5.74) is 5.61. The zero-order chi connectivity index (χ0) is 14.3. The molecule has 1 saturated heterocycles. The summed E-state index contributed by atoms with van der Waals surface area (Å²) in [6.45, 7) is 3.80. The van der Waals surface area contributed by atoms with Crippen molar-refractivity contribution in [3.8, 4) is 0 Å². The molecule has 2 unspecified atom stereocenters. The molecule has 19 heavy (non-hydrogen) atoms. The first kappa shape index (κ1) is 14.5. The van der Waals surface area contributed by atoms with Crippen molar-refractivity contribution in [1.82, 2.24) is 0 Å². The van der Waals surface area contributed by atoms with E-state index in [1.165, 1.54) is 0 Å². The molecule has 2 rings (SSSR count). The van der Waals surface area contributed by atoms with E-state index < -0.39 is 20.9 Å². The smallest absolute Gasteiger partial charge is 0.151 e. The Bertz CT molecular complexity index is 563. The molecule has 0 amide bonds. The van der Waals surface area contributed by atoms with Crippen molar-refractivity contribution in [3.05, 3.63) is 35.4 Å². The van der Waals surface area contributed by atoms with E-state index in [4.69, 9.17) is 5.73 Å². The van der Waals surface area contributed by atoms with Crippen LogP contribution in [0.15, 0.2) is 24.3 Å². The van der Waals surface area contributed by atoms with E-state index in [1.54, 1.807) is 6.92 Å². The van der Waals surface area contributed by atoms with Crippen LogP contribution in [0.4, 0.5) is 0 Å². The highest BCUT2D eigenvalue weighted by molar-refractivity contribution is 7.91. The third-order valence-electron chi connectivity index (χ3n) is 4.42. The Morgan fingerprint density at radius 2 is 1.95 bits per heavy atom. The predicted octanol–water partition coefficient (Wildman–Crippen LogP) is 0.966. The molecule has 0 aromatic heterocycles. The highest BCUT2D eigenvalue weighted by Crippen LogP contribution is 2.46. The Balaban J connectivity index is 2.45. The number of benzene rings is 1. The van der Waals surface area contributed by atoms with Gasteiger partial charge in [0.1, 0.15) is 0 Å². The maximum absolute atomic E-state index is 11.8. The fourth-order valence-electron chi connectivity index (χ4n) is 2.84. The van der Waals surface area contributed by atoms with Crippen LogP contribution in [0.2, 0.25) is 0 Å². The molecule has 0 radical (unpaired) electrons.